The van der Waals surface area contributed by atoms with E-state index in [4.69, 9.17) is 11.5 Å². The summed E-state index contributed by atoms with van der Waals surface area (Å²) in [5.41, 5.74) is 0. The molecule has 0 spiro atoms. The van der Waals surface area contributed by atoms with E-state index in [1.807, 2.05) is 0 Å². The summed E-state index contributed by atoms with van der Waals surface area (Å²) in [6.45, 7) is 0. The first-order valence-electron chi connectivity index (χ1n) is 0.873. The molecule has 0 rings (SSSR count). The van der Waals surface area contributed by atoms with Crippen molar-refractivity contribution in [1.29, 1.82) is 0 Å². The quantitative estimate of drug-likeness (QED) is 0.546. The summed E-state index contributed by atoms with van der Waals surface area (Å²) in [6.07, 6.45) is 0. The van der Waals surface area contributed by atoms with Crippen molar-refractivity contribution in [2.24, 2.45) is 0 Å². The molecular formula is BBr3ClNa. The Morgan fingerprint density at radius 1 is 1.17 bits per heavy atom. The number of rotatable bonds is 0. The van der Waals surface area contributed by atoms with E-state index in [0.29, 0.717) is 0 Å². The second kappa shape index (κ2) is 4.65. The Hall–Kier alpha value is 2.79. The number of hydrogen-bond donors (Lipinski definition) is 0. The third-order valence-electron chi connectivity index (χ3n) is 0. The van der Waals surface area contributed by atoms with Crippen molar-refractivity contribution in [3.8, 4) is 0 Å². The Balaban J connectivity index is 0. The van der Waals surface area contributed by atoms with E-state index < -0.39 is 2.03 Å². The van der Waals surface area contributed by atoms with E-state index in [2.05, 4.69) is 47.3 Å². The Kier molecular flexibility index (Phi) is 8.98. The van der Waals surface area contributed by atoms with Crippen LogP contribution in [0.1, 0.15) is 0 Å². The SMILES string of the molecule is Cl[B-](Br)(Br)Br.[Na+]. The average molecular weight is 309 g/mol. The van der Waals surface area contributed by atoms with Gasteiger partial charge in [0.2, 0.25) is 0 Å². The standard InChI is InChI=1S/BBr3Cl.Na/c2-1(3,4)5;/q-1;+1. The molecule has 0 aliphatic carbocycles. The van der Waals surface area contributed by atoms with Crippen LogP contribution in [0.4, 0.5) is 0 Å². The minimum Gasteiger partial charge on any atom is -0.346 e. The van der Waals surface area contributed by atoms with Gasteiger partial charge in [0.15, 0.2) is 0 Å². The van der Waals surface area contributed by atoms with Crippen molar-refractivity contribution in [2.75, 3.05) is 0 Å². The van der Waals surface area contributed by atoms with Crippen molar-refractivity contribution in [3.63, 3.8) is 0 Å². The van der Waals surface area contributed by atoms with Crippen LogP contribution in [-0.2, 0) is 0 Å². The zero-order chi connectivity index (χ0) is 4.50. The van der Waals surface area contributed by atoms with Crippen LogP contribution >= 0.6 is 58.7 Å². The summed E-state index contributed by atoms with van der Waals surface area (Å²) in [7, 11) is 0. The molecule has 0 unspecified atom stereocenters. The van der Waals surface area contributed by atoms with Crippen LogP contribution in [0.5, 0.6) is 0 Å². The summed E-state index contributed by atoms with van der Waals surface area (Å²) in [5.74, 6) is 0. The van der Waals surface area contributed by atoms with Gasteiger partial charge in [-0.15, -0.1) is 0 Å². The fraction of sp³-hybridized carbons (Fsp3) is 0. The molecule has 0 aliphatic rings. The summed E-state index contributed by atoms with van der Waals surface area (Å²) < 4.78 is -1.09. The van der Waals surface area contributed by atoms with Crippen LogP contribution < -0.4 is 29.6 Å². The smallest absolute Gasteiger partial charge is 0.346 e. The summed E-state index contributed by atoms with van der Waals surface area (Å²) in [6, 6.07) is 0. The molecule has 0 saturated carbocycles. The molecule has 0 aromatic heterocycles. The molecule has 0 N–H and O–H groups in total. The molecule has 0 saturated heterocycles. The van der Waals surface area contributed by atoms with Gasteiger partial charge in [-0.05, 0) is 0 Å². The largest absolute Gasteiger partial charge is 1.00 e. The van der Waals surface area contributed by atoms with Crippen molar-refractivity contribution < 1.29 is 29.6 Å². The van der Waals surface area contributed by atoms with Gasteiger partial charge in [-0.3, -0.25) is 0 Å². The first kappa shape index (κ1) is 11.6. The maximum atomic E-state index is 5.34. The molecule has 0 nitrogen and oxygen atoms in total. The van der Waals surface area contributed by atoms with Crippen LogP contribution in [0.3, 0.4) is 0 Å². The van der Waals surface area contributed by atoms with Gasteiger partial charge in [-0.2, -0.15) is 0 Å². The van der Waals surface area contributed by atoms with E-state index in [1.165, 1.54) is 0 Å². The zero-order valence-electron chi connectivity index (χ0n) is 3.09. The normalized spacial score (nSPS) is 10.0. The Morgan fingerprint density at radius 2 is 1.17 bits per heavy atom. The van der Waals surface area contributed by atoms with Crippen LogP contribution in [0.15, 0.2) is 0 Å². The van der Waals surface area contributed by atoms with Crippen molar-refractivity contribution in [2.45, 2.75) is 0 Å². The molecule has 32 valence electrons. The number of hydrogen-bond acceptors (Lipinski definition) is 0. The molecular weight excluding hydrogens is 309 g/mol. The molecule has 0 aliphatic heterocycles. The van der Waals surface area contributed by atoms with E-state index in [9.17, 15) is 0 Å². The van der Waals surface area contributed by atoms with Gasteiger partial charge in [-0.25, -0.2) is 0 Å². The van der Waals surface area contributed by atoms with Crippen molar-refractivity contribution in [3.05, 3.63) is 0 Å². The predicted molar refractivity (Wildman–Crippen MR) is 38.4 cm³/mol. The third-order valence-corrected chi connectivity index (χ3v) is 0. The second-order valence-electron chi connectivity index (χ2n) is 0.495. The van der Waals surface area contributed by atoms with E-state index in [-0.39, 0.29) is 29.6 Å². The fourth-order valence-corrected chi connectivity index (χ4v) is 0. The topological polar surface area (TPSA) is 0 Å². The summed E-state index contributed by atoms with van der Waals surface area (Å²) in [5, 5.41) is 0. The first-order chi connectivity index (χ1) is 2.00. The van der Waals surface area contributed by atoms with Gasteiger partial charge in [-0.1, -0.05) is 0 Å². The minimum absolute atomic E-state index is 0. The molecule has 0 fully saturated rings. The molecule has 0 heterocycles. The van der Waals surface area contributed by atoms with E-state index in [0.717, 1.165) is 0 Å². The van der Waals surface area contributed by atoms with E-state index >= 15 is 0 Å². The van der Waals surface area contributed by atoms with E-state index in [1.54, 1.807) is 0 Å². The monoisotopic (exact) mass is 306 g/mol. The van der Waals surface area contributed by atoms with Crippen LogP contribution in [0.2, 0.25) is 0 Å². The molecule has 6 heavy (non-hydrogen) atoms. The average Bonchev–Trinajstić information content (AvgIpc) is 0.722. The zero-order valence-corrected chi connectivity index (χ0v) is 10.6. The number of halogens is 4. The first-order valence-corrected chi connectivity index (χ1v) is 4.06. The maximum absolute atomic E-state index is 5.34. The minimum atomic E-state index is -1.09. The summed E-state index contributed by atoms with van der Waals surface area (Å²) >= 11 is 14.5. The molecule has 0 aromatic carbocycles. The predicted octanol–water partition coefficient (Wildman–Crippen LogP) is -0.150. The molecule has 0 bridgehead atoms. The van der Waals surface area contributed by atoms with Gasteiger partial charge < -0.3 is 58.7 Å². The van der Waals surface area contributed by atoms with Gasteiger partial charge >= 0.3 is 29.6 Å². The maximum Gasteiger partial charge on any atom is 1.00 e. The van der Waals surface area contributed by atoms with Crippen LogP contribution in [0, 0.1) is 0 Å². The second-order valence-corrected chi connectivity index (χ2v) is 10.5. The van der Waals surface area contributed by atoms with Crippen LogP contribution in [-0.4, -0.2) is 2.03 Å². The molecule has 0 atom stereocenters. The van der Waals surface area contributed by atoms with Gasteiger partial charge in [0.25, 0.3) is 2.03 Å². The van der Waals surface area contributed by atoms with Gasteiger partial charge in [0.1, 0.15) is 0 Å². The van der Waals surface area contributed by atoms with Gasteiger partial charge in [0, 0.05) is 0 Å². The van der Waals surface area contributed by atoms with Crippen LogP contribution in [0.25, 0.3) is 0 Å². The molecule has 0 aromatic rings. The molecule has 0 amide bonds. The van der Waals surface area contributed by atoms with Crippen molar-refractivity contribution in [1.82, 2.24) is 0 Å². The Bertz CT molecular complexity index is 26.3. The molecule has 0 radical (unpaired) electrons. The summed E-state index contributed by atoms with van der Waals surface area (Å²) in [4.78, 5) is 0. The third kappa shape index (κ3) is 29.2. The van der Waals surface area contributed by atoms with Gasteiger partial charge in [0.05, 0.1) is 0 Å². The fourth-order valence-electron chi connectivity index (χ4n) is 0. The van der Waals surface area contributed by atoms with Crippen molar-refractivity contribution >= 4 is 60.8 Å². The Labute approximate surface area is 88.8 Å². The Morgan fingerprint density at radius 3 is 1.17 bits per heavy atom. The molecule has 6 heteroatoms.